The molecule has 2 heteroatoms. The van der Waals surface area contributed by atoms with Crippen LogP contribution < -0.4 is 5.32 Å². The summed E-state index contributed by atoms with van der Waals surface area (Å²) in [5, 5.41) is 5.84. The average Bonchev–Trinajstić information content (AvgIpc) is 2.88. The first-order chi connectivity index (χ1) is 7.45. The molecular formula is C13H21NS. The summed E-state index contributed by atoms with van der Waals surface area (Å²) in [4.78, 5) is 1.54. The van der Waals surface area contributed by atoms with E-state index < -0.39 is 0 Å². The van der Waals surface area contributed by atoms with Crippen LogP contribution in [0.15, 0.2) is 17.5 Å². The quantitative estimate of drug-likeness (QED) is 0.727. The fourth-order valence-corrected chi connectivity index (χ4v) is 3.07. The molecule has 2 rings (SSSR count). The fraction of sp³-hybridized carbons (Fsp3) is 0.692. The van der Waals surface area contributed by atoms with Gasteiger partial charge in [-0.15, -0.1) is 11.3 Å². The predicted molar refractivity (Wildman–Crippen MR) is 67.5 cm³/mol. The van der Waals surface area contributed by atoms with Crippen molar-refractivity contribution in [2.24, 2.45) is 0 Å². The van der Waals surface area contributed by atoms with Gasteiger partial charge in [0.15, 0.2) is 0 Å². The van der Waals surface area contributed by atoms with Gasteiger partial charge in [0.25, 0.3) is 0 Å². The van der Waals surface area contributed by atoms with Gasteiger partial charge >= 0.3 is 0 Å². The molecule has 1 aromatic rings. The van der Waals surface area contributed by atoms with E-state index in [1.165, 1.54) is 56.4 Å². The van der Waals surface area contributed by atoms with Gasteiger partial charge in [0.05, 0.1) is 0 Å². The van der Waals surface area contributed by atoms with Gasteiger partial charge in [-0.05, 0) is 50.1 Å². The summed E-state index contributed by atoms with van der Waals surface area (Å²) in [6, 6.07) is 5.23. The number of hydrogen-bond donors (Lipinski definition) is 1. The Morgan fingerprint density at radius 1 is 1.27 bits per heavy atom. The molecule has 0 spiro atoms. The Hall–Kier alpha value is -0.340. The number of thiophene rings is 1. The summed E-state index contributed by atoms with van der Waals surface area (Å²) in [5.41, 5.74) is 0. The maximum absolute atomic E-state index is 3.67. The van der Waals surface area contributed by atoms with Crippen LogP contribution in [0.2, 0.25) is 0 Å². The molecule has 1 saturated carbocycles. The van der Waals surface area contributed by atoms with Gasteiger partial charge in [0, 0.05) is 10.9 Å². The van der Waals surface area contributed by atoms with Gasteiger partial charge in [-0.2, -0.15) is 0 Å². The third-order valence-corrected chi connectivity index (χ3v) is 4.15. The average molecular weight is 223 g/mol. The maximum atomic E-state index is 3.67. The lowest BCUT2D eigenvalue weighted by molar-refractivity contribution is 0.508. The van der Waals surface area contributed by atoms with E-state index in [0.29, 0.717) is 0 Å². The van der Waals surface area contributed by atoms with Crippen LogP contribution in [0.25, 0.3) is 0 Å². The second-order valence-corrected chi connectivity index (χ2v) is 5.50. The third kappa shape index (κ3) is 3.96. The number of aryl methyl sites for hydroxylation is 1. The van der Waals surface area contributed by atoms with E-state index in [1.807, 2.05) is 11.3 Å². The molecule has 1 N–H and O–H groups in total. The molecule has 1 fully saturated rings. The van der Waals surface area contributed by atoms with Gasteiger partial charge in [-0.3, -0.25) is 0 Å². The Kier molecular flexibility index (Phi) is 4.68. The molecule has 0 amide bonds. The molecule has 0 unspecified atom stereocenters. The predicted octanol–water partition coefficient (Wildman–Crippen LogP) is 3.60. The van der Waals surface area contributed by atoms with E-state index >= 15 is 0 Å². The van der Waals surface area contributed by atoms with E-state index in [0.717, 1.165) is 6.04 Å². The monoisotopic (exact) mass is 223 g/mol. The highest BCUT2D eigenvalue weighted by molar-refractivity contribution is 7.09. The molecule has 1 aromatic heterocycles. The van der Waals surface area contributed by atoms with Crippen molar-refractivity contribution in [3.8, 4) is 0 Å². The molecule has 15 heavy (non-hydrogen) atoms. The number of unbranched alkanes of at least 4 members (excludes halogenated alkanes) is 1. The van der Waals surface area contributed by atoms with Crippen LogP contribution in [-0.4, -0.2) is 12.6 Å². The minimum absolute atomic E-state index is 0.840. The maximum Gasteiger partial charge on any atom is 0.00670 e. The number of nitrogens with one attached hydrogen (secondary N) is 1. The van der Waals surface area contributed by atoms with Crippen molar-refractivity contribution < 1.29 is 0 Å². The SMILES string of the molecule is c1csc(CCCCNC2CCCC2)c1. The van der Waals surface area contributed by atoms with Crippen LogP contribution in [0.1, 0.15) is 43.4 Å². The van der Waals surface area contributed by atoms with Crippen LogP contribution >= 0.6 is 11.3 Å². The van der Waals surface area contributed by atoms with Gasteiger partial charge in [-0.1, -0.05) is 18.9 Å². The lowest BCUT2D eigenvalue weighted by Gasteiger charge is -2.10. The lowest BCUT2D eigenvalue weighted by atomic mass is 10.2. The van der Waals surface area contributed by atoms with E-state index in [2.05, 4.69) is 22.8 Å². The summed E-state index contributed by atoms with van der Waals surface area (Å²) in [7, 11) is 0. The lowest BCUT2D eigenvalue weighted by Crippen LogP contribution is -2.26. The van der Waals surface area contributed by atoms with Crippen LogP contribution in [0, 0.1) is 0 Å². The Morgan fingerprint density at radius 3 is 2.87 bits per heavy atom. The number of hydrogen-bond acceptors (Lipinski definition) is 2. The van der Waals surface area contributed by atoms with Crippen molar-refractivity contribution in [3.63, 3.8) is 0 Å². The normalized spacial score (nSPS) is 17.3. The molecule has 1 heterocycles. The second kappa shape index (κ2) is 6.29. The van der Waals surface area contributed by atoms with Crippen LogP contribution in [-0.2, 0) is 6.42 Å². The van der Waals surface area contributed by atoms with Gasteiger partial charge in [0.2, 0.25) is 0 Å². The smallest absolute Gasteiger partial charge is 0.00670 e. The van der Waals surface area contributed by atoms with E-state index in [9.17, 15) is 0 Å². The first kappa shape index (κ1) is 11.2. The van der Waals surface area contributed by atoms with Crippen molar-refractivity contribution in [1.29, 1.82) is 0 Å². The Bertz CT molecular complexity index is 250. The molecule has 0 saturated heterocycles. The first-order valence-electron chi connectivity index (χ1n) is 6.21. The first-order valence-corrected chi connectivity index (χ1v) is 7.09. The molecule has 1 aliphatic rings. The van der Waals surface area contributed by atoms with E-state index in [-0.39, 0.29) is 0 Å². The second-order valence-electron chi connectivity index (χ2n) is 4.47. The Balaban J connectivity index is 1.48. The minimum atomic E-state index is 0.840. The molecule has 0 bridgehead atoms. The van der Waals surface area contributed by atoms with Crippen LogP contribution in [0.4, 0.5) is 0 Å². The van der Waals surface area contributed by atoms with Crippen molar-refractivity contribution >= 4 is 11.3 Å². The molecule has 1 nitrogen and oxygen atoms in total. The Labute approximate surface area is 96.9 Å². The summed E-state index contributed by atoms with van der Waals surface area (Å²) in [5.74, 6) is 0. The van der Waals surface area contributed by atoms with Crippen molar-refractivity contribution in [3.05, 3.63) is 22.4 Å². The standard InChI is InChI=1S/C13H21NS/c1-2-7-12(6-1)14-10-4-3-8-13-9-5-11-15-13/h5,9,11-12,14H,1-4,6-8,10H2. The molecular weight excluding hydrogens is 202 g/mol. The Morgan fingerprint density at radius 2 is 2.13 bits per heavy atom. The summed E-state index contributed by atoms with van der Waals surface area (Å²) in [6.07, 6.45) is 9.62. The summed E-state index contributed by atoms with van der Waals surface area (Å²) >= 11 is 1.89. The molecule has 0 aromatic carbocycles. The summed E-state index contributed by atoms with van der Waals surface area (Å²) < 4.78 is 0. The minimum Gasteiger partial charge on any atom is -0.314 e. The third-order valence-electron chi connectivity index (χ3n) is 3.22. The highest BCUT2D eigenvalue weighted by Crippen LogP contribution is 2.17. The van der Waals surface area contributed by atoms with Crippen molar-refractivity contribution in [2.75, 3.05) is 6.54 Å². The van der Waals surface area contributed by atoms with Gasteiger partial charge in [-0.25, -0.2) is 0 Å². The van der Waals surface area contributed by atoms with E-state index in [1.54, 1.807) is 0 Å². The van der Waals surface area contributed by atoms with Gasteiger partial charge < -0.3 is 5.32 Å². The zero-order valence-electron chi connectivity index (χ0n) is 9.37. The summed E-state index contributed by atoms with van der Waals surface area (Å²) in [6.45, 7) is 1.22. The van der Waals surface area contributed by atoms with E-state index in [4.69, 9.17) is 0 Å². The molecule has 84 valence electrons. The number of rotatable bonds is 6. The molecule has 0 radical (unpaired) electrons. The van der Waals surface area contributed by atoms with Crippen molar-refractivity contribution in [1.82, 2.24) is 5.32 Å². The van der Waals surface area contributed by atoms with Gasteiger partial charge in [0.1, 0.15) is 0 Å². The highest BCUT2D eigenvalue weighted by Gasteiger charge is 2.12. The van der Waals surface area contributed by atoms with Crippen LogP contribution in [0.3, 0.4) is 0 Å². The molecule has 0 aliphatic heterocycles. The fourth-order valence-electron chi connectivity index (χ4n) is 2.32. The zero-order valence-corrected chi connectivity index (χ0v) is 10.2. The molecule has 0 atom stereocenters. The highest BCUT2D eigenvalue weighted by atomic mass is 32.1. The van der Waals surface area contributed by atoms with Crippen molar-refractivity contribution in [2.45, 2.75) is 51.0 Å². The largest absolute Gasteiger partial charge is 0.314 e. The zero-order chi connectivity index (χ0) is 10.3. The molecule has 1 aliphatic carbocycles. The van der Waals surface area contributed by atoms with Crippen LogP contribution in [0.5, 0.6) is 0 Å². The topological polar surface area (TPSA) is 12.0 Å².